The van der Waals surface area contributed by atoms with Gasteiger partial charge in [0.1, 0.15) is 5.75 Å². The molecule has 1 N–H and O–H groups in total. The van der Waals surface area contributed by atoms with Crippen molar-refractivity contribution in [2.45, 2.75) is 40.3 Å². The van der Waals surface area contributed by atoms with Crippen LogP contribution in [-0.4, -0.2) is 46.1 Å². The van der Waals surface area contributed by atoms with Gasteiger partial charge in [0, 0.05) is 18.1 Å². The first-order chi connectivity index (χ1) is 14.4. The second kappa shape index (κ2) is 9.96. The molecule has 0 saturated carbocycles. The maximum Gasteiger partial charge on any atom is 0.267 e. The molecular weight excluding hydrogens is 400 g/mol. The van der Waals surface area contributed by atoms with E-state index in [0.717, 1.165) is 42.8 Å². The Morgan fingerprint density at radius 1 is 1.23 bits per heavy atom. The van der Waals surface area contributed by atoms with Gasteiger partial charge in [-0.3, -0.25) is 10.1 Å². The van der Waals surface area contributed by atoms with E-state index in [1.54, 1.807) is 19.1 Å². The number of para-hydroxylation sites is 2. The zero-order valence-corrected chi connectivity index (χ0v) is 18.7. The molecule has 1 aromatic heterocycles. The summed E-state index contributed by atoms with van der Waals surface area (Å²) in [6.45, 7) is 11.5. The summed E-state index contributed by atoms with van der Waals surface area (Å²) in [5.41, 5.74) is 2.74. The zero-order valence-electron chi connectivity index (χ0n) is 18.0. The van der Waals surface area contributed by atoms with Crippen molar-refractivity contribution in [3.05, 3.63) is 53.1 Å². The third-order valence-electron chi connectivity index (χ3n) is 5.23. The van der Waals surface area contributed by atoms with Crippen molar-refractivity contribution in [3.8, 4) is 5.75 Å². The number of ether oxygens (including phenoxy) is 1. The van der Waals surface area contributed by atoms with Gasteiger partial charge >= 0.3 is 0 Å². The highest BCUT2D eigenvalue weighted by atomic mass is 35.5. The SMILES string of the molecule is CCN(CC)CCn1c(NC(=O)C(C)Oc2ccc(Cl)cc2C)nc2ccccc21. The molecule has 3 aromatic rings. The van der Waals surface area contributed by atoms with E-state index in [4.69, 9.17) is 16.3 Å². The molecule has 1 unspecified atom stereocenters. The van der Waals surface area contributed by atoms with Gasteiger partial charge in [-0.05, 0) is 62.8 Å². The Hall–Kier alpha value is -2.57. The number of carbonyl (C=O) groups excluding carboxylic acids is 1. The van der Waals surface area contributed by atoms with E-state index in [-0.39, 0.29) is 5.91 Å². The van der Waals surface area contributed by atoms with E-state index in [9.17, 15) is 4.79 Å². The molecule has 0 radical (unpaired) electrons. The largest absolute Gasteiger partial charge is 0.481 e. The first kappa shape index (κ1) is 22.1. The summed E-state index contributed by atoms with van der Waals surface area (Å²) in [5, 5.41) is 3.59. The standard InChI is InChI=1S/C23H29ClN4O2/c1-5-27(6-2)13-14-28-20-10-8-7-9-19(20)25-23(28)26-22(29)17(4)30-21-12-11-18(24)15-16(21)3/h7-12,15,17H,5-6,13-14H2,1-4H3,(H,25,26,29). The van der Waals surface area contributed by atoms with Crippen LogP contribution in [-0.2, 0) is 11.3 Å². The second-order valence-electron chi connectivity index (χ2n) is 7.26. The molecule has 7 heteroatoms. The Balaban J connectivity index is 1.78. The summed E-state index contributed by atoms with van der Waals surface area (Å²) in [5.74, 6) is 0.928. The van der Waals surface area contributed by atoms with Crippen LogP contribution in [0.4, 0.5) is 5.95 Å². The first-order valence-corrected chi connectivity index (χ1v) is 10.7. The quantitative estimate of drug-likeness (QED) is 0.534. The number of aryl methyl sites for hydroxylation is 1. The van der Waals surface area contributed by atoms with E-state index < -0.39 is 6.10 Å². The van der Waals surface area contributed by atoms with Crippen LogP contribution in [0.1, 0.15) is 26.3 Å². The molecule has 6 nitrogen and oxygen atoms in total. The minimum Gasteiger partial charge on any atom is -0.481 e. The fraction of sp³-hybridized carbons (Fsp3) is 0.391. The fourth-order valence-electron chi connectivity index (χ4n) is 3.38. The number of halogens is 1. The highest BCUT2D eigenvalue weighted by Gasteiger charge is 2.20. The Labute approximate surface area is 182 Å². The van der Waals surface area contributed by atoms with Gasteiger partial charge in [-0.25, -0.2) is 4.98 Å². The summed E-state index contributed by atoms with van der Waals surface area (Å²) in [7, 11) is 0. The predicted octanol–water partition coefficient (Wildman–Crippen LogP) is 4.75. The third kappa shape index (κ3) is 5.12. The Bertz CT molecular complexity index is 1010. The molecule has 0 bridgehead atoms. The molecule has 1 atom stereocenters. The monoisotopic (exact) mass is 428 g/mol. The molecule has 1 amide bonds. The number of hydrogen-bond acceptors (Lipinski definition) is 4. The van der Waals surface area contributed by atoms with Crippen molar-refractivity contribution in [1.82, 2.24) is 14.5 Å². The number of carbonyl (C=O) groups is 1. The zero-order chi connectivity index (χ0) is 21.7. The molecule has 0 aliphatic rings. The van der Waals surface area contributed by atoms with Gasteiger partial charge in [-0.1, -0.05) is 37.6 Å². The van der Waals surface area contributed by atoms with Gasteiger partial charge in [0.05, 0.1) is 11.0 Å². The van der Waals surface area contributed by atoms with Gasteiger partial charge < -0.3 is 14.2 Å². The van der Waals surface area contributed by atoms with Gasteiger partial charge in [0.15, 0.2) is 6.10 Å². The third-order valence-corrected chi connectivity index (χ3v) is 5.47. The number of aromatic nitrogens is 2. The molecular formula is C23H29ClN4O2. The summed E-state index contributed by atoms with van der Waals surface area (Å²) >= 11 is 6.00. The molecule has 0 aliphatic heterocycles. The lowest BCUT2D eigenvalue weighted by Gasteiger charge is -2.20. The lowest BCUT2D eigenvalue weighted by Crippen LogP contribution is -2.32. The van der Waals surface area contributed by atoms with Crippen LogP contribution in [0, 0.1) is 6.92 Å². The molecule has 0 fully saturated rings. The van der Waals surface area contributed by atoms with Crippen LogP contribution in [0.15, 0.2) is 42.5 Å². The van der Waals surface area contributed by atoms with E-state index in [1.807, 2.05) is 37.3 Å². The number of imidazole rings is 1. The molecule has 0 saturated heterocycles. The summed E-state index contributed by atoms with van der Waals surface area (Å²) in [6, 6.07) is 13.3. The minimum absolute atomic E-state index is 0.247. The summed E-state index contributed by atoms with van der Waals surface area (Å²) in [6.07, 6.45) is -0.680. The van der Waals surface area contributed by atoms with Crippen molar-refractivity contribution < 1.29 is 9.53 Å². The number of anilines is 1. The Kier molecular flexibility index (Phi) is 7.34. The Morgan fingerprint density at radius 2 is 1.97 bits per heavy atom. The van der Waals surface area contributed by atoms with Gasteiger partial charge in [-0.2, -0.15) is 0 Å². The molecule has 0 spiro atoms. The lowest BCUT2D eigenvalue weighted by atomic mass is 10.2. The topological polar surface area (TPSA) is 59.4 Å². The number of nitrogens with zero attached hydrogens (tertiary/aromatic N) is 3. The lowest BCUT2D eigenvalue weighted by molar-refractivity contribution is -0.122. The first-order valence-electron chi connectivity index (χ1n) is 10.3. The normalized spacial score (nSPS) is 12.3. The van der Waals surface area contributed by atoms with Crippen LogP contribution < -0.4 is 10.1 Å². The average molecular weight is 429 g/mol. The maximum absolute atomic E-state index is 12.8. The highest BCUT2D eigenvalue weighted by Crippen LogP contribution is 2.24. The van der Waals surface area contributed by atoms with Gasteiger partial charge in [0.25, 0.3) is 5.91 Å². The average Bonchev–Trinajstić information content (AvgIpc) is 3.07. The number of hydrogen-bond donors (Lipinski definition) is 1. The molecule has 160 valence electrons. The minimum atomic E-state index is -0.680. The Morgan fingerprint density at radius 3 is 2.67 bits per heavy atom. The number of fused-ring (bicyclic) bond motifs is 1. The fourth-order valence-corrected chi connectivity index (χ4v) is 3.61. The molecule has 2 aromatic carbocycles. The number of rotatable bonds is 9. The smallest absolute Gasteiger partial charge is 0.267 e. The van der Waals surface area contributed by atoms with Crippen LogP contribution in [0.2, 0.25) is 5.02 Å². The molecule has 30 heavy (non-hydrogen) atoms. The van der Waals surface area contributed by atoms with Crippen molar-refractivity contribution in [1.29, 1.82) is 0 Å². The van der Waals surface area contributed by atoms with E-state index in [2.05, 4.69) is 33.6 Å². The van der Waals surface area contributed by atoms with E-state index >= 15 is 0 Å². The van der Waals surface area contributed by atoms with Gasteiger partial charge in [0.2, 0.25) is 5.95 Å². The molecule has 1 heterocycles. The summed E-state index contributed by atoms with van der Waals surface area (Å²) < 4.78 is 7.93. The van der Waals surface area contributed by atoms with E-state index in [1.165, 1.54) is 0 Å². The van der Waals surface area contributed by atoms with E-state index in [0.29, 0.717) is 16.7 Å². The number of amides is 1. The van der Waals surface area contributed by atoms with Crippen molar-refractivity contribution in [3.63, 3.8) is 0 Å². The number of benzene rings is 2. The van der Waals surface area contributed by atoms with Crippen LogP contribution in [0.25, 0.3) is 11.0 Å². The maximum atomic E-state index is 12.8. The van der Waals surface area contributed by atoms with Crippen LogP contribution in [0.3, 0.4) is 0 Å². The van der Waals surface area contributed by atoms with Crippen molar-refractivity contribution >= 4 is 34.5 Å². The second-order valence-corrected chi connectivity index (χ2v) is 7.70. The van der Waals surface area contributed by atoms with Crippen molar-refractivity contribution in [2.75, 3.05) is 25.0 Å². The summed E-state index contributed by atoms with van der Waals surface area (Å²) in [4.78, 5) is 19.8. The van der Waals surface area contributed by atoms with Crippen molar-refractivity contribution in [2.24, 2.45) is 0 Å². The van der Waals surface area contributed by atoms with Crippen LogP contribution >= 0.6 is 11.6 Å². The highest BCUT2D eigenvalue weighted by molar-refractivity contribution is 6.30. The van der Waals surface area contributed by atoms with Crippen LogP contribution in [0.5, 0.6) is 5.75 Å². The predicted molar refractivity (Wildman–Crippen MR) is 122 cm³/mol. The molecule has 0 aliphatic carbocycles. The molecule has 3 rings (SSSR count). The number of nitrogens with one attached hydrogen (secondary N) is 1. The van der Waals surface area contributed by atoms with Gasteiger partial charge in [-0.15, -0.1) is 0 Å². The number of likely N-dealkylation sites (N-methyl/N-ethyl adjacent to an activating group) is 1.